The van der Waals surface area contributed by atoms with Crippen LogP contribution < -0.4 is 4.90 Å². The van der Waals surface area contributed by atoms with Crippen LogP contribution in [0, 0.1) is 5.41 Å². The second-order valence-electron chi connectivity index (χ2n) is 5.82. The van der Waals surface area contributed by atoms with E-state index in [0.29, 0.717) is 16.0 Å². The monoisotopic (exact) mass is 295 g/mol. The highest BCUT2D eigenvalue weighted by Gasteiger charge is 2.42. The van der Waals surface area contributed by atoms with E-state index in [0.717, 1.165) is 18.8 Å². The summed E-state index contributed by atoms with van der Waals surface area (Å²) in [5.74, 6) is -0.911. The number of hydrogen-bond donors (Lipinski definition) is 1. The van der Waals surface area contributed by atoms with Gasteiger partial charge in [-0.3, -0.25) is 0 Å². The second-order valence-corrected chi connectivity index (χ2v) is 6.26. The van der Waals surface area contributed by atoms with E-state index in [1.54, 1.807) is 12.1 Å². The Kier molecular flexibility index (Phi) is 4.59. The molecule has 0 radical (unpaired) electrons. The fourth-order valence-electron chi connectivity index (χ4n) is 3.39. The number of aromatic carboxylic acids is 1. The van der Waals surface area contributed by atoms with Crippen molar-refractivity contribution in [3.8, 4) is 0 Å². The number of benzene rings is 1. The number of carboxylic acids is 1. The first-order valence-electron chi connectivity index (χ1n) is 7.29. The molecule has 0 aliphatic carbocycles. The third-order valence-electron chi connectivity index (χ3n) is 4.14. The van der Waals surface area contributed by atoms with Gasteiger partial charge in [-0.1, -0.05) is 38.3 Å². The maximum absolute atomic E-state index is 11.3. The molecule has 0 saturated carbocycles. The van der Waals surface area contributed by atoms with Crippen LogP contribution in [0.4, 0.5) is 5.69 Å². The molecule has 1 aliphatic heterocycles. The highest BCUT2D eigenvalue weighted by atomic mass is 35.5. The van der Waals surface area contributed by atoms with E-state index >= 15 is 0 Å². The molecule has 0 bridgehead atoms. The van der Waals surface area contributed by atoms with E-state index in [9.17, 15) is 9.90 Å². The summed E-state index contributed by atoms with van der Waals surface area (Å²) >= 11 is 5.90. The van der Waals surface area contributed by atoms with E-state index in [1.165, 1.54) is 25.7 Å². The lowest BCUT2D eigenvalue weighted by molar-refractivity contribution is 0.0696. The van der Waals surface area contributed by atoms with Crippen molar-refractivity contribution in [2.45, 2.75) is 39.5 Å². The molecular formula is C16H22ClNO2. The molecule has 4 heteroatoms. The molecule has 1 aromatic rings. The standard InChI is InChI=1S/C16H22ClNO2/c1-3-7-16(8-4-2)10-18(11-16)14-6-5-12(17)9-13(14)15(19)20/h5-6,9H,3-4,7-8,10-11H2,1-2H3,(H,19,20). The van der Waals surface area contributed by atoms with Crippen molar-refractivity contribution >= 4 is 23.3 Å². The first-order valence-corrected chi connectivity index (χ1v) is 7.67. The fourth-order valence-corrected chi connectivity index (χ4v) is 3.56. The fraction of sp³-hybridized carbons (Fsp3) is 0.562. The van der Waals surface area contributed by atoms with Crippen molar-refractivity contribution in [2.75, 3.05) is 18.0 Å². The topological polar surface area (TPSA) is 40.5 Å². The van der Waals surface area contributed by atoms with Gasteiger partial charge in [0.15, 0.2) is 0 Å². The molecule has 110 valence electrons. The summed E-state index contributed by atoms with van der Waals surface area (Å²) in [6.07, 6.45) is 4.79. The highest BCUT2D eigenvalue weighted by Crippen LogP contribution is 2.43. The smallest absolute Gasteiger partial charge is 0.337 e. The van der Waals surface area contributed by atoms with Crippen LogP contribution in [0.1, 0.15) is 49.9 Å². The van der Waals surface area contributed by atoms with Gasteiger partial charge in [0.1, 0.15) is 0 Å². The number of anilines is 1. The number of carbonyl (C=O) groups is 1. The summed E-state index contributed by atoms with van der Waals surface area (Å²) in [5, 5.41) is 9.78. The predicted octanol–water partition coefficient (Wildman–Crippen LogP) is 4.44. The van der Waals surface area contributed by atoms with Crippen molar-refractivity contribution in [1.29, 1.82) is 0 Å². The first-order chi connectivity index (χ1) is 9.51. The Morgan fingerprint density at radius 3 is 2.40 bits per heavy atom. The van der Waals surface area contributed by atoms with Crippen LogP contribution >= 0.6 is 11.6 Å². The molecular weight excluding hydrogens is 274 g/mol. The summed E-state index contributed by atoms with van der Waals surface area (Å²) in [6, 6.07) is 5.13. The van der Waals surface area contributed by atoms with Crippen LogP contribution in [-0.4, -0.2) is 24.2 Å². The van der Waals surface area contributed by atoms with Crippen molar-refractivity contribution < 1.29 is 9.90 Å². The summed E-state index contributed by atoms with van der Waals surface area (Å²) in [5.41, 5.74) is 1.47. The Bertz CT molecular complexity index is 487. The zero-order chi connectivity index (χ0) is 14.8. The Morgan fingerprint density at radius 2 is 1.90 bits per heavy atom. The quantitative estimate of drug-likeness (QED) is 0.843. The van der Waals surface area contributed by atoms with E-state index in [2.05, 4.69) is 18.7 Å². The van der Waals surface area contributed by atoms with Gasteiger partial charge < -0.3 is 10.0 Å². The Hall–Kier alpha value is -1.22. The molecule has 1 fully saturated rings. The molecule has 0 aromatic heterocycles. The molecule has 0 atom stereocenters. The van der Waals surface area contributed by atoms with Gasteiger partial charge >= 0.3 is 5.97 Å². The van der Waals surface area contributed by atoms with Crippen LogP contribution in [-0.2, 0) is 0 Å². The van der Waals surface area contributed by atoms with Crippen LogP contribution in [0.15, 0.2) is 18.2 Å². The van der Waals surface area contributed by atoms with E-state index in [1.807, 2.05) is 6.07 Å². The molecule has 20 heavy (non-hydrogen) atoms. The van der Waals surface area contributed by atoms with Gasteiger partial charge in [-0.2, -0.15) is 0 Å². The van der Waals surface area contributed by atoms with Crippen molar-refractivity contribution in [3.63, 3.8) is 0 Å². The van der Waals surface area contributed by atoms with Gasteiger partial charge in [0.25, 0.3) is 0 Å². The van der Waals surface area contributed by atoms with Crippen LogP contribution in [0.25, 0.3) is 0 Å². The van der Waals surface area contributed by atoms with Crippen LogP contribution in [0.5, 0.6) is 0 Å². The minimum atomic E-state index is -0.911. The van der Waals surface area contributed by atoms with Gasteiger partial charge in [-0.15, -0.1) is 0 Å². The molecule has 1 heterocycles. The van der Waals surface area contributed by atoms with Crippen LogP contribution in [0.3, 0.4) is 0 Å². The Morgan fingerprint density at radius 1 is 1.30 bits per heavy atom. The molecule has 0 amide bonds. The normalized spacial score (nSPS) is 16.9. The summed E-state index contributed by atoms with van der Waals surface area (Å²) in [4.78, 5) is 13.5. The molecule has 1 saturated heterocycles. The van der Waals surface area contributed by atoms with Crippen molar-refractivity contribution in [2.24, 2.45) is 5.41 Å². The lowest BCUT2D eigenvalue weighted by Gasteiger charge is -2.52. The van der Waals surface area contributed by atoms with E-state index in [-0.39, 0.29) is 0 Å². The molecule has 0 spiro atoms. The average Bonchev–Trinajstić information content (AvgIpc) is 2.35. The maximum Gasteiger partial charge on any atom is 0.337 e. The first kappa shape index (κ1) is 15.2. The van der Waals surface area contributed by atoms with E-state index < -0.39 is 5.97 Å². The largest absolute Gasteiger partial charge is 0.478 e. The van der Waals surface area contributed by atoms with Crippen molar-refractivity contribution in [3.05, 3.63) is 28.8 Å². The molecule has 1 N–H and O–H groups in total. The number of halogens is 1. The molecule has 1 aliphatic rings. The lowest BCUT2D eigenvalue weighted by Crippen LogP contribution is -2.56. The van der Waals surface area contributed by atoms with Gasteiger partial charge in [-0.25, -0.2) is 4.79 Å². The second kappa shape index (κ2) is 6.04. The number of nitrogens with zero attached hydrogens (tertiary/aromatic N) is 1. The van der Waals surface area contributed by atoms with Crippen LogP contribution in [0.2, 0.25) is 5.02 Å². The number of carboxylic acid groups (broad SMARTS) is 1. The zero-order valence-corrected chi connectivity index (χ0v) is 12.9. The molecule has 1 aromatic carbocycles. The minimum absolute atomic E-state index is 0.305. The van der Waals surface area contributed by atoms with Gasteiger partial charge in [0.05, 0.1) is 11.3 Å². The Balaban J connectivity index is 2.17. The summed E-state index contributed by atoms with van der Waals surface area (Å²) in [7, 11) is 0. The lowest BCUT2D eigenvalue weighted by atomic mass is 9.72. The molecule has 2 rings (SSSR count). The molecule has 3 nitrogen and oxygen atoms in total. The SMILES string of the molecule is CCCC1(CCC)CN(c2ccc(Cl)cc2C(=O)O)C1. The zero-order valence-electron chi connectivity index (χ0n) is 12.2. The summed E-state index contributed by atoms with van der Waals surface area (Å²) in [6.45, 7) is 6.34. The van der Waals surface area contributed by atoms with Gasteiger partial charge in [0, 0.05) is 23.5 Å². The third-order valence-corrected chi connectivity index (χ3v) is 4.38. The van der Waals surface area contributed by atoms with Gasteiger partial charge in [-0.05, 0) is 31.0 Å². The average molecular weight is 296 g/mol. The van der Waals surface area contributed by atoms with E-state index in [4.69, 9.17) is 11.6 Å². The predicted molar refractivity (Wildman–Crippen MR) is 82.9 cm³/mol. The minimum Gasteiger partial charge on any atom is -0.478 e. The van der Waals surface area contributed by atoms with Gasteiger partial charge in [0.2, 0.25) is 0 Å². The Labute approximate surface area is 125 Å². The van der Waals surface area contributed by atoms with Crippen molar-refractivity contribution in [1.82, 2.24) is 0 Å². The molecule has 0 unspecified atom stereocenters. The maximum atomic E-state index is 11.3. The third kappa shape index (κ3) is 2.93. The highest BCUT2D eigenvalue weighted by molar-refractivity contribution is 6.31. The summed E-state index contributed by atoms with van der Waals surface area (Å²) < 4.78 is 0. The number of rotatable bonds is 6. The number of hydrogen-bond acceptors (Lipinski definition) is 2.